The van der Waals surface area contributed by atoms with Crippen molar-refractivity contribution in [2.75, 3.05) is 31.8 Å². The van der Waals surface area contributed by atoms with E-state index in [1.54, 1.807) is 6.92 Å². The summed E-state index contributed by atoms with van der Waals surface area (Å²) in [6, 6.07) is -1.53. The number of carboxylic acid groups (broad SMARTS) is 1. The summed E-state index contributed by atoms with van der Waals surface area (Å²) in [6.45, 7) is 2.07. The SMILES string of the molecule is COCC(C)NC(=O)N1CCS(=O)(=O)CC1CC(=O)O. The van der Waals surface area contributed by atoms with E-state index in [9.17, 15) is 18.0 Å². The van der Waals surface area contributed by atoms with E-state index in [0.717, 1.165) is 0 Å². The Labute approximate surface area is 118 Å². The van der Waals surface area contributed by atoms with E-state index in [4.69, 9.17) is 9.84 Å². The molecule has 1 rings (SSSR count). The molecule has 116 valence electrons. The highest BCUT2D eigenvalue weighted by Crippen LogP contribution is 2.15. The lowest BCUT2D eigenvalue weighted by molar-refractivity contribution is -0.138. The minimum absolute atomic E-state index is 0.00577. The number of carbonyl (C=O) groups is 2. The van der Waals surface area contributed by atoms with Crippen LogP contribution in [0.3, 0.4) is 0 Å². The molecule has 2 amide bonds. The predicted molar refractivity (Wildman–Crippen MR) is 71.3 cm³/mol. The number of urea groups is 1. The van der Waals surface area contributed by atoms with Crippen LogP contribution in [-0.2, 0) is 19.4 Å². The topological polar surface area (TPSA) is 113 Å². The summed E-state index contributed by atoms with van der Waals surface area (Å²) < 4.78 is 28.0. The molecule has 20 heavy (non-hydrogen) atoms. The third-order valence-corrected chi connectivity index (χ3v) is 4.69. The Kier molecular flexibility index (Phi) is 5.75. The monoisotopic (exact) mass is 308 g/mol. The summed E-state index contributed by atoms with van der Waals surface area (Å²) in [5.41, 5.74) is 0. The van der Waals surface area contributed by atoms with Crippen molar-refractivity contribution in [2.24, 2.45) is 0 Å². The maximum Gasteiger partial charge on any atom is 0.318 e. The van der Waals surface area contributed by atoms with Crippen molar-refractivity contribution in [2.45, 2.75) is 25.4 Å². The second-order valence-corrected chi connectivity index (χ2v) is 7.09. The van der Waals surface area contributed by atoms with E-state index >= 15 is 0 Å². The molecule has 0 bridgehead atoms. The second kappa shape index (κ2) is 6.89. The zero-order valence-corrected chi connectivity index (χ0v) is 12.4. The number of carbonyl (C=O) groups excluding carboxylic acids is 1. The molecule has 2 unspecified atom stereocenters. The molecule has 1 saturated heterocycles. The van der Waals surface area contributed by atoms with Gasteiger partial charge in [-0.15, -0.1) is 0 Å². The van der Waals surface area contributed by atoms with Gasteiger partial charge in [0.2, 0.25) is 0 Å². The number of sulfone groups is 1. The number of nitrogens with zero attached hydrogens (tertiary/aromatic N) is 1. The molecule has 2 atom stereocenters. The van der Waals surface area contributed by atoms with Gasteiger partial charge in [0.1, 0.15) is 0 Å². The van der Waals surface area contributed by atoms with E-state index < -0.39 is 27.9 Å². The summed E-state index contributed by atoms with van der Waals surface area (Å²) in [5.74, 6) is -1.59. The first-order chi connectivity index (χ1) is 9.25. The summed E-state index contributed by atoms with van der Waals surface area (Å²) in [6.07, 6.45) is -0.384. The molecule has 0 spiro atoms. The van der Waals surface area contributed by atoms with Crippen LogP contribution in [0.15, 0.2) is 0 Å². The number of nitrogens with one attached hydrogen (secondary N) is 1. The number of amides is 2. The fourth-order valence-corrected chi connectivity index (χ4v) is 3.64. The van der Waals surface area contributed by atoms with Gasteiger partial charge in [0.25, 0.3) is 0 Å². The van der Waals surface area contributed by atoms with Crippen LogP contribution in [0.5, 0.6) is 0 Å². The molecule has 0 aromatic carbocycles. The molecular weight excluding hydrogens is 288 g/mol. The molecule has 1 aliphatic rings. The lowest BCUT2D eigenvalue weighted by atomic mass is 10.2. The minimum atomic E-state index is -3.29. The van der Waals surface area contributed by atoms with Crippen LogP contribution in [0.2, 0.25) is 0 Å². The molecule has 2 N–H and O–H groups in total. The molecule has 1 aliphatic heterocycles. The summed E-state index contributed by atoms with van der Waals surface area (Å²) in [7, 11) is -1.79. The first-order valence-electron chi connectivity index (χ1n) is 6.23. The maximum absolute atomic E-state index is 12.1. The van der Waals surface area contributed by atoms with Crippen molar-refractivity contribution >= 4 is 21.8 Å². The van der Waals surface area contributed by atoms with Gasteiger partial charge >= 0.3 is 12.0 Å². The largest absolute Gasteiger partial charge is 0.481 e. The lowest BCUT2D eigenvalue weighted by Gasteiger charge is -2.35. The highest BCUT2D eigenvalue weighted by atomic mass is 32.2. The second-order valence-electron chi connectivity index (χ2n) is 4.87. The summed E-state index contributed by atoms with van der Waals surface area (Å²) >= 11 is 0. The lowest BCUT2D eigenvalue weighted by Crippen LogP contribution is -2.56. The maximum atomic E-state index is 12.1. The summed E-state index contributed by atoms with van der Waals surface area (Å²) in [4.78, 5) is 24.1. The van der Waals surface area contributed by atoms with Gasteiger partial charge in [-0.2, -0.15) is 0 Å². The highest BCUT2D eigenvalue weighted by Gasteiger charge is 2.35. The van der Waals surface area contributed by atoms with Crippen molar-refractivity contribution in [3.05, 3.63) is 0 Å². The first kappa shape index (κ1) is 16.7. The zero-order chi connectivity index (χ0) is 15.3. The van der Waals surface area contributed by atoms with Gasteiger partial charge < -0.3 is 20.1 Å². The Morgan fingerprint density at radius 1 is 1.50 bits per heavy atom. The van der Waals surface area contributed by atoms with Crippen LogP contribution in [0, 0.1) is 0 Å². The van der Waals surface area contributed by atoms with Crippen LogP contribution < -0.4 is 5.32 Å². The van der Waals surface area contributed by atoms with Crippen molar-refractivity contribution in [3.63, 3.8) is 0 Å². The van der Waals surface area contributed by atoms with Crippen molar-refractivity contribution < 1.29 is 27.9 Å². The quantitative estimate of drug-likeness (QED) is 0.694. The van der Waals surface area contributed by atoms with E-state index in [0.29, 0.717) is 6.61 Å². The van der Waals surface area contributed by atoms with E-state index in [1.165, 1.54) is 12.0 Å². The number of hydrogen-bond donors (Lipinski definition) is 2. The fraction of sp³-hybridized carbons (Fsp3) is 0.818. The molecule has 0 aliphatic carbocycles. The number of hydrogen-bond acceptors (Lipinski definition) is 5. The third-order valence-electron chi connectivity index (χ3n) is 2.99. The Balaban J connectivity index is 2.74. The van der Waals surface area contributed by atoms with Crippen molar-refractivity contribution in [3.8, 4) is 0 Å². The Morgan fingerprint density at radius 2 is 2.15 bits per heavy atom. The standard InChI is InChI=1S/C11H20N2O6S/c1-8(6-19-2)12-11(16)13-3-4-20(17,18)7-9(13)5-10(14)15/h8-9H,3-7H2,1-2H3,(H,12,16)(H,14,15). The number of methoxy groups -OCH3 is 1. The van der Waals surface area contributed by atoms with Crippen molar-refractivity contribution in [1.29, 1.82) is 0 Å². The van der Waals surface area contributed by atoms with Gasteiger partial charge in [-0.1, -0.05) is 0 Å². The molecule has 0 radical (unpaired) electrons. The normalized spacial score (nSPS) is 23.1. The average molecular weight is 308 g/mol. The minimum Gasteiger partial charge on any atom is -0.481 e. The number of carboxylic acids is 1. The van der Waals surface area contributed by atoms with Crippen LogP contribution in [0.1, 0.15) is 13.3 Å². The van der Waals surface area contributed by atoms with Gasteiger partial charge in [0.15, 0.2) is 9.84 Å². The smallest absolute Gasteiger partial charge is 0.318 e. The summed E-state index contributed by atoms with van der Waals surface area (Å²) in [5, 5.41) is 11.5. The fourth-order valence-electron chi connectivity index (χ4n) is 2.11. The zero-order valence-electron chi connectivity index (χ0n) is 11.5. The molecule has 1 heterocycles. The molecule has 9 heteroatoms. The van der Waals surface area contributed by atoms with Gasteiger partial charge in [0, 0.05) is 13.7 Å². The molecular formula is C11H20N2O6S. The Bertz CT molecular complexity index is 464. The third kappa shape index (κ3) is 4.97. The van der Waals surface area contributed by atoms with Gasteiger partial charge in [-0.05, 0) is 6.92 Å². The van der Waals surface area contributed by atoms with Crippen LogP contribution >= 0.6 is 0 Å². The van der Waals surface area contributed by atoms with Crippen molar-refractivity contribution in [1.82, 2.24) is 10.2 Å². The Morgan fingerprint density at radius 3 is 2.70 bits per heavy atom. The average Bonchev–Trinajstić information content (AvgIpc) is 2.26. The molecule has 0 aromatic rings. The predicted octanol–water partition coefficient (Wildman–Crippen LogP) is -0.695. The van der Waals surface area contributed by atoms with Crippen LogP contribution in [-0.4, -0.2) is 74.3 Å². The van der Waals surface area contributed by atoms with Crippen LogP contribution in [0.25, 0.3) is 0 Å². The van der Waals surface area contributed by atoms with E-state index in [-0.39, 0.29) is 30.5 Å². The molecule has 0 aromatic heterocycles. The first-order valence-corrected chi connectivity index (χ1v) is 8.05. The van der Waals surface area contributed by atoms with Gasteiger partial charge in [-0.3, -0.25) is 4.79 Å². The van der Waals surface area contributed by atoms with E-state index in [2.05, 4.69) is 5.32 Å². The molecule has 1 fully saturated rings. The molecule has 8 nitrogen and oxygen atoms in total. The Hall–Kier alpha value is -1.35. The molecule has 0 saturated carbocycles. The number of aliphatic carboxylic acids is 1. The van der Waals surface area contributed by atoms with Crippen LogP contribution in [0.4, 0.5) is 4.79 Å². The van der Waals surface area contributed by atoms with E-state index in [1.807, 2.05) is 0 Å². The van der Waals surface area contributed by atoms with Gasteiger partial charge in [-0.25, -0.2) is 13.2 Å². The van der Waals surface area contributed by atoms with Gasteiger partial charge in [0.05, 0.1) is 36.6 Å². The number of ether oxygens (including phenoxy) is 1. The number of rotatable bonds is 5. The highest BCUT2D eigenvalue weighted by molar-refractivity contribution is 7.91.